The van der Waals surface area contributed by atoms with Crippen molar-refractivity contribution in [1.82, 2.24) is 5.16 Å². The van der Waals surface area contributed by atoms with Crippen molar-refractivity contribution in [1.29, 1.82) is 0 Å². The molecule has 0 aliphatic carbocycles. The van der Waals surface area contributed by atoms with Crippen molar-refractivity contribution < 1.29 is 9.26 Å². The van der Waals surface area contributed by atoms with Gasteiger partial charge in [-0.25, -0.2) is 0 Å². The van der Waals surface area contributed by atoms with Crippen LogP contribution in [0.5, 0.6) is 0 Å². The molecule has 0 saturated carbocycles. The fourth-order valence-corrected chi connectivity index (χ4v) is 1.32. The van der Waals surface area contributed by atoms with Gasteiger partial charge >= 0.3 is 0 Å². The number of hydrogen-bond acceptors (Lipinski definition) is 5. The Morgan fingerprint density at radius 2 is 2.23 bits per heavy atom. The number of nitrogens with zero attached hydrogens (tertiary/aromatic N) is 2. The first-order valence-electron chi connectivity index (χ1n) is 4.37. The van der Waals surface area contributed by atoms with Crippen molar-refractivity contribution in [3.63, 3.8) is 0 Å². The van der Waals surface area contributed by atoms with Crippen LogP contribution in [0.2, 0.25) is 0 Å². The van der Waals surface area contributed by atoms with E-state index in [9.17, 15) is 0 Å². The lowest BCUT2D eigenvalue weighted by atomic mass is 10.4. The summed E-state index contributed by atoms with van der Waals surface area (Å²) < 4.78 is 10.4. The van der Waals surface area contributed by atoms with Crippen LogP contribution in [0.3, 0.4) is 0 Å². The molecule has 5 nitrogen and oxygen atoms in total. The Kier molecular flexibility index (Phi) is 2.35. The summed E-state index contributed by atoms with van der Waals surface area (Å²) in [5.74, 6) is 1.58. The highest BCUT2D eigenvalue weighted by Gasteiger charge is 2.15. The van der Waals surface area contributed by atoms with Crippen LogP contribution in [-0.2, 0) is 4.74 Å². The summed E-state index contributed by atoms with van der Waals surface area (Å²) in [6.07, 6.45) is 0. The summed E-state index contributed by atoms with van der Waals surface area (Å²) in [5.41, 5.74) is 0. The molecule has 0 unspecified atom stereocenters. The van der Waals surface area contributed by atoms with Gasteiger partial charge in [0.15, 0.2) is 5.82 Å². The number of ether oxygens (including phenoxy) is 1. The molecule has 0 bridgehead atoms. The molecule has 2 rings (SSSR count). The Balaban J connectivity index is 2.05. The van der Waals surface area contributed by atoms with E-state index < -0.39 is 0 Å². The first kappa shape index (κ1) is 8.37. The molecule has 0 spiro atoms. The van der Waals surface area contributed by atoms with Crippen LogP contribution in [0, 0.1) is 0 Å². The minimum Gasteiger partial charge on any atom is -0.378 e. The summed E-state index contributed by atoms with van der Waals surface area (Å²) in [6, 6.07) is 1.89. The highest BCUT2D eigenvalue weighted by atomic mass is 16.5. The highest BCUT2D eigenvalue weighted by molar-refractivity contribution is 5.46. The van der Waals surface area contributed by atoms with E-state index >= 15 is 0 Å². The minimum atomic E-state index is 0.760. The molecule has 2 heterocycles. The van der Waals surface area contributed by atoms with Crippen molar-refractivity contribution in [2.45, 2.75) is 0 Å². The Hall–Kier alpha value is -1.23. The molecule has 1 aromatic rings. The van der Waals surface area contributed by atoms with Gasteiger partial charge in [-0.1, -0.05) is 5.16 Å². The number of rotatable bonds is 2. The molecule has 1 aliphatic heterocycles. The maximum Gasteiger partial charge on any atom is 0.229 e. The molecule has 1 saturated heterocycles. The largest absolute Gasteiger partial charge is 0.378 e. The molecule has 5 heteroatoms. The molecular weight excluding hydrogens is 170 g/mol. The zero-order valence-corrected chi connectivity index (χ0v) is 7.62. The van der Waals surface area contributed by atoms with Gasteiger partial charge in [0, 0.05) is 26.2 Å². The summed E-state index contributed by atoms with van der Waals surface area (Å²) in [4.78, 5) is 2.12. The molecule has 13 heavy (non-hydrogen) atoms. The third-order valence-corrected chi connectivity index (χ3v) is 2.08. The number of anilines is 2. The predicted octanol–water partition coefficient (Wildman–Crippen LogP) is 0.553. The average Bonchev–Trinajstić information content (AvgIpc) is 2.67. The topological polar surface area (TPSA) is 50.5 Å². The van der Waals surface area contributed by atoms with E-state index in [0.29, 0.717) is 0 Å². The van der Waals surface area contributed by atoms with E-state index in [1.807, 2.05) is 13.1 Å². The second-order valence-corrected chi connectivity index (χ2v) is 2.90. The summed E-state index contributed by atoms with van der Waals surface area (Å²) >= 11 is 0. The van der Waals surface area contributed by atoms with Gasteiger partial charge in [-0.3, -0.25) is 0 Å². The first-order chi connectivity index (χ1) is 6.40. The van der Waals surface area contributed by atoms with Crippen LogP contribution in [0.25, 0.3) is 0 Å². The monoisotopic (exact) mass is 183 g/mol. The molecule has 1 fully saturated rings. The van der Waals surface area contributed by atoms with Crippen LogP contribution in [-0.4, -0.2) is 38.5 Å². The zero-order chi connectivity index (χ0) is 9.10. The van der Waals surface area contributed by atoms with Gasteiger partial charge in [0.2, 0.25) is 5.88 Å². The Morgan fingerprint density at radius 1 is 1.46 bits per heavy atom. The van der Waals surface area contributed by atoms with Crippen LogP contribution >= 0.6 is 0 Å². The van der Waals surface area contributed by atoms with E-state index in [1.165, 1.54) is 0 Å². The van der Waals surface area contributed by atoms with E-state index in [0.717, 1.165) is 38.0 Å². The van der Waals surface area contributed by atoms with Gasteiger partial charge in [0.25, 0.3) is 0 Å². The van der Waals surface area contributed by atoms with Crippen LogP contribution in [0.4, 0.5) is 11.7 Å². The predicted molar refractivity (Wildman–Crippen MR) is 49.1 cm³/mol. The van der Waals surface area contributed by atoms with Crippen molar-refractivity contribution >= 4 is 11.7 Å². The van der Waals surface area contributed by atoms with Crippen LogP contribution in [0.1, 0.15) is 0 Å². The fourth-order valence-electron chi connectivity index (χ4n) is 1.32. The van der Waals surface area contributed by atoms with Crippen LogP contribution < -0.4 is 10.2 Å². The average molecular weight is 183 g/mol. The number of nitrogens with one attached hydrogen (secondary N) is 1. The third-order valence-electron chi connectivity index (χ3n) is 2.08. The van der Waals surface area contributed by atoms with Crippen LogP contribution in [0.15, 0.2) is 10.6 Å². The van der Waals surface area contributed by atoms with E-state index in [-0.39, 0.29) is 0 Å². The fraction of sp³-hybridized carbons (Fsp3) is 0.625. The van der Waals surface area contributed by atoms with Crippen molar-refractivity contribution in [3.8, 4) is 0 Å². The smallest absolute Gasteiger partial charge is 0.229 e. The molecule has 0 amide bonds. The number of aromatic nitrogens is 1. The lowest BCUT2D eigenvalue weighted by Crippen LogP contribution is -2.35. The van der Waals surface area contributed by atoms with Gasteiger partial charge < -0.3 is 19.5 Å². The maximum atomic E-state index is 5.23. The van der Waals surface area contributed by atoms with Crippen molar-refractivity contribution in [2.75, 3.05) is 43.6 Å². The van der Waals surface area contributed by atoms with E-state index in [2.05, 4.69) is 15.4 Å². The van der Waals surface area contributed by atoms with Gasteiger partial charge in [0.05, 0.1) is 13.2 Å². The van der Waals surface area contributed by atoms with Crippen molar-refractivity contribution in [2.24, 2.45) is 0 Å². The molecule has 1 aromatic heterocycles. The Morgan fingerprint density at radius 3 is 2.85 bits per heavy atom. The minimum absolute atomic E-state index is 0.760. The summed E-state index contributed by atoms with van der Waals surface area (Å²) in [5, 5.41) is 6.76. The molecule has 0 atom stereocenters. The SMILES string of the molecule is CNc1cc(N2CCOCC2)on1. The zero-order valence-electron chi connectivity index (χ0n) is 7.62. The quantitative estimate of drug-likeness (QED) is 0.725. The summed E-state index contributed by atoms with van der Waals surface area (Å²) in [6.45, 7) is 3.27. The lowest BCUT2D eigenvalue weighted by molar-refractivity contribution is 0.120. The number of morpholine rings is 1. The Labute approximate surface area is 76.6 Å². The molecule has 0 aromatic carbocycles. The van der Waals surface area contributed by atoms with Gasteiger partial charge in [-0.15, -0.1) is 0 Å². The molecule has 72 valence electrons. The van der Waals surface area contributed by atoms with Crippen molar-refractivity contribution in [3.05, 3.63) is 6.07 Å². The highest BCUT2D eigenvalue weighted by Crippen LogP contribution is 2.19. The normalized spacial score (nSPS) is 17.5. The summed E-state index contributed by atoms with van der Waals surface area (Å²) in [7, 11) is 1.82. The van der Waals surface area contributed by atoms with Gasteiger partial charge in [-0.2, -0.15) is 0 Å². The van der Waals surface area contributed by atoms with Gasteiger partial charge in [-0.05, 0) is 0 Å². The Bertz CT molecular complexity index is 268. The maximum absolute atomic E-state index is 5.23. The molecule has 1 N–H and O–H groups in total. The third kappa shape index (κ3) is 1.75. The number of hydrogen-bond donors (Lipinski definition) is 1. The van der Waals surface area contributed by atoms with E-state index in [1.54, 1.807) is 0 Å². The second-order valence-electron chi connectivity index (χ2n) is 2.90. The van der Waals surface area contributed by atoms with Gasteiger partial charge in [0.1, 0.15) is 0 Å². The molecule has 1 aliphatic rings. The lowest BCUT2D eigenvalue weighted by Gasteiger charge is -2.25. The second kappa shape index (κ2) is 3.66. The molecular formula is C8H13N3O2. The van der Waals surface area contributed by atoms with E-state index in [4.69, 9.17) is 9.26 Å². The standard InChI is InChI=1S/C8H13N3O2/c1-9-7-6-8(13-10-7)11-2-4-12-5-3-11/h6H,2-5H2,1H3,(H,9,10). The molecule has 0 radical (unpaired) electrons. The first-order valence-corrected chi connectivity index (χ1v) is 4.37.